The van der Waals surface area contributed by atoms with Crippen LogP contribution in [0.4, 0.5) is 0 Å². The summed E-state index contributed by atoms with van der Waals surface area (Å²) in [5.41, 5.74) is 1.32. The molecule has 0 aromatic carbocycles. The summed E-state index contributed by atoms with van der Waals surface area (Å²) in [6, 6.07) is 0. The minimum atomic E-state index is 1.04. The minimum Gasteiger partial charge on any atom is -0.0914 e. The highest BCUT2D eigenvalue weighted by molar-refractivity contribution is 5.15. The van der Waals surface area contributed by atoms with Gasteiger partial charge >= 0.3 is 0 Å². The standard InChI is InChI=1S/C10H16.2C2H6/c1-4-6-7-8-9-10(3)5-2;2*1-2/h4-6,8-9H,7H2,1-3H3;2*1-2H3/b6-4-,9-8-,10-5-;;. The highest BCUT2D eigenvalue weighted by Crippen LogP contribution is 1.95. The maximum Gasteiger partial charge on any atom is -0.0166 e. The summed E-state index contributed by atoms with van der Waals surface area (Å²) in [6.45, 7) is 14.2. The summed E-state index contributed by atoms with van der Waals surface area (Å²) >= 11 is 0. The Morgan fingerprint density at radius 2 is 1.43 bits per heavy atom. The van der Waals surface area contributed by atoms with Crippen LogP contribution in [0.2, 0.25) is 0 Å². The first-order valence-corrected chi connectivity index (χ1v) is 5.72. The maximum atomic E-state index is 2.16. The van der Waals surface area contributed by atoms with Crippen LogP contribution in [0.5, 0.6) is 0 Å². The van der Waals surface area contributed by atoms with E-state index >= 15 is 0 Å². The highest BCUT2D eigenvalue weighted by atomic mass is 13.8. The zero-order chi connectivity index (χ0) is 11.8. The molecule has 0 heterocycles. The van der Waals surface area contributed by atoms with Crippen molar-refractivity contribution in [2.75, 3.05) is 0 Å². The van der Waals surface area contributed by atoms with Gasteiger partial charge in [-0.05, 0) is 27.2 Å². The van der Waals surface area contributed by atoms with Gasteiger partial charge in [-0.25, -0.2) is 0 Å². The minimum absolute atomic E-state index is 1.04. The fraction of sp³-hybridized carbons (Fsp3) is 0.571. The fourth-order valence-electron chi connectivity index (χ4n) is 0.565. The first-order chi connectivity index (χ1) is 6.81. The molecule has 0 nitrogen and oxygen atoms in total. The molecule has 0 N–H and O–H groups in total. The normalized spacial score (nSPS) is 10.6. The molecule has 0 saturated heterocycles. The van der Waals surface area contributed by atoms with Crippen molar-refractivity contribution in [2.24, 2.45) is 0 Å². The van der Waals surface area contributed by atoms with Crippen molar-refractivity contribution < 1.29 is 0 Å². The van der Waals surface area contributed by atoms with Crippen molar-refractivity contribution in [3.8, 4) is 0 Å². The molecule has 14 heavy (non-hydrogen) atoms. The van der Waals surface area contributed by atoms with Crippen LogP contribution in [0.15, 0.2) is 36.0 Å². The molecule has 0 amide bonds. The summed E-state index contributed by atoms with van der Waals surface area (Å²) in [5.74, 6) is 0. The SMILES string of the molecule is C/C=C\C/C=C\C(C)=C/C.CC.CC. The van der Waals surface area contributed by atoms with E-state index in [1.165, 1.54) is 5.57 Å². The molecule has 0 heteroatoms. The molecule has 0 aliphatic carbocycles. The number of hydrogen-bond acceptors (Lipinski definition) is 0. The van der Waals surface area contributed by atoms with Gasteiger partial charge in [0.15, 0.2) is 0 Å². The van der Waals surface area contributed by atoms with Crippen LogP contribution in [-0.2, 0) is 0 Å². The van der Waals surface area contributed by atoms with Gasteiger partial charge in [0.1, 0.15) is 0 Å². The summed E-state index contributed by atoms with van der Waals surface area (Å²) in [6.07, 6.45) is 11.7. The Hall–Kier alpha value is -0.780. The average Bonchev–Trinajstić information content (AvgIpc) is 2.29. The molecule has 0 atom stereocenters. The molecule has 0 unspecified atom stereocenters. The van der Waals surface area contributed by atoms with Gasteiger partial charge in [0.05, 0.1) is 0 Å². The van der Waals surface area contributed by atoms with E-state index < -0.39 is 0 Å². The molecule has 0 aromatic rings. The van der Waals surface area contributed by atoms with Crippen LogP contribution >= 0.6 is 0 Å². The lowest BCUT2D eigenvalue weighted by atomic mass is 10.2. The van der Waals surface area contributed by atoms with E-state index in [0.717, 1.165) is 6.42 Å². The third-order valence-electron chi connectivity index (χ3n) is 1.34. The van der Waals surface area contributed by atoms with Crippen LogP contribution in [0.25, 0.3) is 0 Å². The summed E-state index contributed by atoms with van der Waals surface area (Å²) in [5, 5.41) is 0. The molecule has 0 rings (SSSR count). The van der Waals surface area contributed by atoms with Crippen LogP contribution in [0.1, 0.15) is 54.9 Å². The quantitative estimate of drug-likeness (QED) is 0.411. The molecule has 0 fully saturated rings. The first-order valence-electron chi connectivity index (χ1n) is 5.72. The third-order valence-corrected chi connectivity index (χ3v) is 1.34. The van der Waals surface area contributed by atoms with Gasteiger partial charge in [0, 0.05) is 0 Å². The Balaban J connectivity index is -0.000000266. The van der Waals surface area contributed by atoms with Crippen molar-refractivity contribution in [3.63, 3.8) is 0 Å². The van der Waals surface area contributed by atoms with Crippen molar-refractivity contribution in [1.29, 1.82) is 0 Å². The molecule has 0 saturated carbocycles. The van der Waals surface area contributed by atoms with Crippen molar-refractivity contribution in [3.05, 3.63) is 36.0 Å². The lowest BCUT2D eigenvalue weighted by molar-refractivity contribution is 1.35. The summed E-state index contributed by atoms with van der Waals surface area (Å²) in [7, 11) is 0. The van der Waals surface area contributed by atoms with Gasteiger partial charge in [-0.2, -0.15) is 0 Å². The van der Waals surface area contributed by atoms with Crippen molar-refractivity contribution >= 4 is 0 Å². The second-order valence-electron chi connectivity index (χ2n) is 2.24. The Morgan fingerprint density at radius 3 is 1.79 bits per heavy atom. The number of hydrogen-bond donors (Lipinski definition) is 0. The van der Waals surface area contributed by atoms with Crippen LogP contribution < -0.4 is 0 Å². The number of rotatable bonds is 3. The maximum absolute atomic E-state index is 2.16. The molecule has 0 aromatic heterocycles. The Labute approximate surface area is 91.4 Å². The fourth-order valence-corrected chi connectivity index (χ4v) is 0.565. The molecular weight excluding hydrogens is 168 g/mol. The molecule has 84 valence electrons. The van der Waals surface area contributed by atoms with Gasteiger partial charge in [0.25, 0.3) is 0 Å². The van der Waals surface area contributed by atoms with Crippen LogP contribution in [0, 0.1) is 0 Å². The van der Waals surface area contributed by atoms with Gasteiger partial charge in [-0.3, -0.25) is 0 Å². The van der Waals surface area contributed by atoms with E-state index in [1.807, 2.05) is 34.6 Å². The van der Waals surface area contributed by atoms with E-state index in [2.05, 4.69) is 44.2 Å². The molecule has 0 radical (unpaired) electrons. The summed E-state index contributed by atoms with van der Waals surface area (Å²) in [4.78, 5) is 0. The topological polar surface area (TPSA) is 0 Å². The van der Waals surface area contributed by atoms with E-state index in [9.17, 15) is 0 Å². The molecule has 0 aliphatic rings. The first kappa shape index (κ1) is 18.9. The molecule has 0 aliphatic heterocycles. The zero-order valence-electron chi connectivity index (χ0n) is 11.1. The molecule has 0 spiro atoms. The van der Waals surface area contributed by atoms with Crippen LogP contribution in [-0.4, -0.2) is 0 Å². The van der Waals surface area contributed by atoms with Gasteiger partial charge < -0.3 is 0 Å². The molecule has 0 bridgehead atoms. The van der Waals surface area contributed by atoms with E-state index in [0.29, 0.717) is 0 Å². The third kappa shape index (κ3) is 22.5. The predicted molar refractivity (Wildman–Crippen MR) is 70.7 cm³/mol. The predicted octanol–water partition coefficient (Wildman–Crippen LogP) is 5.53. The Morgan fingerprint density at radius 1 is 0.929 bits per heavy atom. The highest BCUT2D eigenvalue weighted by Gasteiger charge is 1.74. The smallest absolute Gasteiger partial charge is 0.0166 e. The van der Waals surface area contributed by atoms with Gasteiger partial charge in [-0.15, -0.1) is 0 Å². The van der Waals surface area contributed by atoms with E-state index in [-0.39, 0.29) is 0 Å². The Bertz CT molecular complexity index is 147. The van der Waals surface area contributed by atoms with E-state index in [1.54, 1.807) is 0 Å². The number of allylic oxidation sites excluding steroid dienone is 6. The zero-order valence-corrected chi connectivity index (χ0v) is 11.1. The monoisotopic (exact) mass is 196 g/mol. The second-order valence-corrected chi connectivity index (χ2v) is 2.24. The lowest BCUT2D eigenvalue weighted by Gasteiger charge is -1.85. The van der Waals surface area contributed by atoms with Crippen LogP contribution in [0.3, 0.4) is 0 Å². The van der Waals surface area contributed by atoms with E-state index in [4.69, 9.17) is 0 Å². The van der Waals surface area contributed by atoms with Gasteiger partial charge in [0.2, 0.25) is 0 Å². The van der Waals surface area contributed by atoms with Gasteiger partial charge in [-0.1, -0.05) is 63.6 Å². The van der Waals surface area contributed by atoms with Crippen molar-refractivity contribution in [2.45, 2.75) is 54.9 Å². The average molecular weight is 196 g/mol. The summed E-state index contributed by atoms with van der Waals surface area (Å²) < 4.78 is 0. The largest absolute Gasteiger partial charge is 0.0914 e. The lowest BCUT2D eigenvalue weighted by Crippen LogP contribution is -1.64. The second kappa shape index (κ2) is 22.8. The molecular formula is C14H28. The van der Waals surface area contributed by atoms with Crippen molar-refractivity contribution in [1.82, 2.24) is 0 Å². The Kier molecular flexibility index (Phi) is 30.7.